The van der Waals surface area contributed by atoms with Crippen molar-refractivity contribution in [2.75, 3.05) is 13.7 Å². The molecule has 0 fully saturated rings. The first kappa shape index (κ1) is 25.2. The molecule has 0 spiro atoms. The molecule has 3 atom stereocenters. The summed E-state index contributed by atoms with van der Waals surface area (Å²) < 4.78 is 27.1. The van der Waals surface area contributed by atoms with Gasteiger partial charge in [-0.25, -0.2) is 0 Å². The van der Waals surface area contributed by atoms with Crippen molar-refractivity contribution in [3.05, 3.63) is 46.5 Å². The molecule has 0 heterocycles. The van der Waals surface area contributed by atoms with Crippen molar-refractivity contribution < 1.29 is 42.9 Å². The average Bonchev–Trinajstić information content (AvgIpc) is 2.77. The van der Waals surface area contributed by atoms with E-state index in [4.69, 9.17) is 23.7 Å². The van der Waals surface area contributed by atoms with Crippen molar-refractivity contribution in [2.24, 2.45) is 11.8 Å². The summed E-state index contributed by atoms with van der Waals surface area (Å²) in [5.41, 5.74) is 3.72. The first-order valence-corrected chi connectivity index (χ1v) is 11.6. The summed E-state index contributed by atoms with van der Waals surface area (Å²) in [6, 6.07) is 7.11. The summed E-state index contributed by atoms with van der Waals surface area (Å²) in [5.74, 6) is -1.13. The average molecular weight is 497 g/mol. The fraction of sp³-hybridized carbons (Fsp3) is 0.407. The minimum Gasteiger partial charge on any atom is -0.493 e. The second-order valence-corrected chi connectivity index (χ2v) is 9.09. The van der Waals surface area contributed by atoms with Crippen molar-refractivity contribution >= 4 is 23.9 Å². The number of rotatable bonds is 6. The highest BCUT2D eigenvalue weighted by molar-refractivity contribution is 5.75. The fourth-order valence-corrected chi connectivity index (χ4v) is 5.32. The van der Waals surface area contributed by atoms with Crippen molar-refractivity contribution in [3.8, 4) is 23.0 Å². The van der Waals surface area contributed by atoms with Crippen LogP contribution in [0.1, 0.15) is 55.9 Å². The summed E-state index contributed by atoms with van der Waals surface area (Å²) in [5, 5.41) is 0. The number of esters is 4. The Bertz CT molecular complexity index is 1250. The molecule has 2 aromatic rings. The summed E-state index contributed by atoms with van der Waals surface area (Å²) in [7, 11) is 1.51. The fourth-order valence-electron chi connectivity index (χ4n) is 5.32. The van der Waals surface area contributed by atoms with Crippen LogP contribution in [-0.4, -0.2) is 37.6 Å². The second kappa shape index (κ2) is 10.0. The number of hydrogen-bond acceptors (Lipinski definition) is 9. The molecule has 2 bridgehead atoms. The molecule has 190 valence electrons. The second-order valence-electron chi connectivity index (χ2n) is 9.09. The van der Waals surface area contributed by atoms with E-state index in [0.717, 1.165) is 22.3 Å². The molecule has 9 nitrogen and oxygen atoms in total. The normalized spacial score (nSPS) is 19.3. The maximum absolute atomic E-state index is 11.8. The Balaban J connectivity index is 1.91. The lowest BCUT2D eigenvalue weighted by Crippen LogP contribution is -2.39. The topological polar surface area (TPSA) is 114 Å². The number of hydrogen-bond donors (Lipinski definition) is 0. The van der Waals surface area contributed by atoms with Crippen molar-refractivity contribution in [1.29, 1.82) is 0 Å². The Kier molecular flexibility index (Phi) is 7.01. The summed E-state index contributed by atoms with van der Waals surface area (Å²) >= 11 is 0. The minimum absolute atomic E-state index is 0.0720. The van der Waals surface area contributed by atoms with Gasteiger partial charge in [0.05, 0.1) is 13.7 Å². The van der Waals surface area contributed by atoms with E-state index in [9.17, 15) is 19.2 Å². The monoisotopic (exact) mass is 496 g/mol. The molecule has 0 radical (unpaired) electrons. The largest absolute Gasteiger partial charge is 0.493 e. The zero-order valence-corrected chi connectivity index (χ0v) is 20.8. The van der Waals surface area contributed by atoms with Crippen LogP contribution in [0.25, 0.3) is 0 Å². The van der Waals surface area contributed by atoms with E-state index in [1.165, 1.54) is 34.8 Å². The zero-order valence-electron chi connectivity index (χ0n) is 20.8. The van der Waals surface area contributed by atoms with Gasteiger partial charge in [0.1, 0.15) is 0 Å². The maximum atomic E-state index is 11.8. The van der Waals surface area contributed by atoms with Crippen LogP contribution in [-0.2, 0) is 36.8 Å². The molecule has 0 aromatic heterocycles. The van der Waals surface area contributed by atoms with Crippen LogP contribution in [0.3, 0.4) is 0 Å². The molecule has 4 rings (SSSR count). The maximum Gasteiger partial charge on any atom is 0.308 e. The number of methoxy groups -OCH3 is 1. The molecular formula is C27H28O9. The van der Waals surface area contributed by atoms with Gasteiger partial charge in [0.15, 0.2) is 23.0 Å². The Morgan fingerprint density at radius 3 is 1.58 bits per heavy atom. The van der Waals surface area contributed by atoms with Gasteiger partial charge in [-0.3, -0.25) is 19.2 Å². The van der Waals surface area contributed by atoms with Crippen LogP contribution in [0.5, 0.6) is 23.0 Å². The third-order valence-corrected chi connectivity index (χ3v) is 6.54. The third-order valence-electron chi connectivity index (χ3n) is 6.54. The standard InChI is InChI=1S/C27H28O9/c1-13(28)33-12-22-17-6-18-8-23(32-5)25(35-15(3)30)10-20(18)27(22)21-11-26(36-16(4)31)24(34-14(2)29)9-19(21)7-17/h8-11,17,22,27H,6-7,12H2,1-5H3. The lowest BCUT2D eigenvalue weighted by atomic mass is 9.60. The molecule has 0 amide bonds. The van der Waals surface area contributed by atoms with Crippen LogP contribution >= 0.6 is 0 Å². The van der Waals surface area contributed by atoms with Crippen LogP contribution in [0.15, 0.2) is 24.3 Å². The van der Waals surface area contributed by atoms with Crippen LogP contribution in [0.4, 0.5) is 0 Å². The number of carbonyl (C=O) groups is 4. The lowest BCUT2D eigenvalue weighted by molar-refractivity contribution is -0.143. The molecule has 9 heteroatoms. The molecule has 0 saturated carbocycles. The Hall–Kier alpha value is -3.88. The predicted molar refractivity (Wildman–Crippen MR) is 126 cm³/mol. The number of carbonyl (C=O) groups excluding carboxylic acids is 4. The van der Waals surface area contributed by atoms with Gasteiger partial charge in [0, 0.05) is 39.5 Å². The van der Waals surface area contributed by atoms with E-state index < -0.39 is 17.9 Å². The highest BCUT2D eigenvalue weighted by Crippen LogP contribution is 2.53. The molecule has 3 unspecified atom stereocenters. The van der Waals surface area contributed by atoms with Crippen LogP contribution < -0.4 is 18.9 Å². The van der Waals surface area contributed by atoms with Gasteiger partial charge in [-0.05, 0) is 65.3 Å². The van der Waals surface area contributed by atoms with E-state index >= 15 is 0 Å². The number of fused-ring (bicyclic) bond motifs is 6. The third kappa shape index (κ3) is 5.05. The van der Waals surface area contributed by atoms with Crippen LogP contribution in [0, 0.1) is 11.8 Å². The van der Waals surface area contributed by atoms with Gasteiger partial charge in [-0.15, -0.1) is 0 Å². The minimum atomic E-state index is -0.556. The van der Waals surface area contributed by atoms with E-state index in [2.05, 4.69) is 0 Å². The van der Waals surface area contributed by atoms with Gasteiger partial charge < -0.3 is 23.7 Å². The summed E-state index contributed by atoms with van der Waals surface area (Å²) in [6.45, 7) is 5.43. The van der Waals surface area contributed by atoms with Gasteiger partial charge in [-0.2, -0.15) is 0 Å². The lowest BCUT2D eigenvalue weighted by Gasteiger charge is -2.44. The first-order chi connectivity index (χ1) is 17.1. The van der Waals surface area contributed by atoms with Crippen molar-refractivity contribution in [1.82, 2.24) is 0 Å². The molecule has 0 N–H and O–H groups in total. The van der Waals surface area contributed by atoms with E-state index in [1.54, 1.807) is 18.2 Å². The van der Waals surface area contributed by atoms with Gasteiger partial charge in [0.2, 0.25) is 0 Å². The smallest absolute Gasteiger partial charge is 0.308 e. The van der Waals surface area contributed by atoms with Gasteiger partial charge in [0.25, 0.3) is 0 Å². The van der Waals surface area contributed by atoms with E-state index in [-0.39, 0.29) is 47.6 Å². The van der Waals surface area contributed by atoms with Crippen molar-refractivity contribution in [3.63, 3.8) is 0 Å². The molecule has 2 aliphatic rings. The Morgan fingerprint density at radius 1 is 0.694 bits per heavy atom. The molecule has 2 aromatic carbocycles. The van der Waals surface area contributed by atoms with Gasteiger partial charge >= 0.3 is 23.9 Å². The van der Waals surface area contributed by atoms with E-state index in [1.807, 2.05) is 6.07 Å². The SMILES string of the molecule is COc1cc2c(cc1OC(C)=O)C1c3cc(OC(C)=O)c(OC(C)=O)cc3CC(C2)C1COC(C)=O. The van der Waals surface area contributed by atoms with E-state index in [0.29, 0.717) is 18.6 Å². The molecule has 2 aliphatic carbocycles. The predicted octanol–water partition coefficient (Wildman–Crippen LogP) is 3.51. The van der Waals surface area contributed by atoms with Crippen molar-refractivity contribution in [2.45, 2.75) is 46.5 Å². The number of benzene rings is 2. The Morgan fingerprint density at radius 2 is 1.14 bits per heavy atom. The molecule has 0 saturated heterocycles. The first-order valence-electron chi connectivity index (χ1n) is 11.6. The summed E-state index contributed by atoms with van der Waals surface area (Å²) in [4.78, 5) is 46.9. The summed E-state index contributed by atoms with van der Waals surface area (Å²) in [6.07, 6.45) is 1.32. The zero-order chi connectivity index (χ0) is 26.1. The Labute approximate surface area is 208 Å². The van der Waals surface area contributed by atoms with Crippen LogP contribution in [0.2, 0.25) is 0 Å². The molecule has 0 aliphatic heterocycles. The highest BCUT2D eigenvalue weighted by Gasteiger charge is 2.44. The number of ether oxygens (including phenoxy) is 5. The quantitative estimate of drug-likeness (QED) is 0.438. The molecule has 36 heavy (non-hydrogen) atoms. The van der Waals surface area contributed by atoms with Gasteiger partial charge in [-0.1, -0.05) is 0 Å². The molecular weight excluding hydrogens is 468 g/mol. The highest BCUT2D eigenvalue weighted by atomic mass is 16.6.